The summed E-state index contributed by atoms with van der Waals surface area (Å²) in [6, 6.07) is 9.50. The van der Waals surface area contributed by atoms with Crippen LogP contribution in [0.5, 0.6) is 5.75 Å². The van der Waals surface area contributed by atoms with Crippen molar-refractivity contribution in [2.24, 2.45) is 0 Å². The molecule has 1 N–H and O–H groups in total. The molecule has 2 aliphatic heterocycles. The SMILES string of the molecule is CC(=O)c1sc(N2C(=O)C(=O)C(=C(O)c3ccc4c(c3)C[C@H](C)O4)[C@H]2c2ccccc2F)nc1C. The first kappa shape index (κ1) is 22.9. The highest BCUT2D eigenvalue weighted by Crippen LogP contribution is 2.45. The first-order valence-corrected chi connectivity index (χ1v) is 11.8. The number of ketones is 2. The van der Waals surface area contributed by atoms with Gasteiger partial charge in [0.05, 0.1) is 16.1 Å². The summed E-state index contributed by atoms with van der Waals surface area (Å²) in [5.41, 5.74) is 1.37. The molecule has 2 aromatic carbocycles. The van der Waals surface area contributed by atoms with Gasteiger partial charge >= 0.3 is 5.91 Å². The molecule has 7 nitrogen and oxygen atoms in total. The number of carbonyl (C=O) groups is 3. The van der Waals surface area contributed by atoms with Crippen LogP contribution in [0.2, 0.25) is 0 Å². The number of aliphatic hydroxyl groups excluding tert-OH is 1. The van der Waals surface area contributed by atoms with E-state index in [4.69, 9.17) is 4.74 Å². The van der Waals surface area contributed by atoms with Gasteiger partial charge in [0.15, 0.2) is 10.9 Å². The Labute approximate surface area is 204 Å². The van der Waals surface area contributed by atoms with Gasteiger partial charge < -0.3 is 9.84 Å². The maximum atomic E-state index is 15.0. The number of rotatable bonds is 4. The molecule has 3 aromatic rings. The van der Waals surface area contributed by atoms with E-state index in [9.17, 15) is 19.5 Å². The summed E-state index contributed by atoms with van der Waals surface area (Å²) in [7, 11) is 0. The Morgan fingerprint density at radius 2 is 1.97 bits per heavy atom. The van der Waals surface area contributed by atoms with Crippen LogP contribution in [-0.4, -0.2) is 33.7 Å². The van der Waals surface area contributed by atoms with E-state index in [1.165, 1.54) is 25.1 Å². The predicted molar refractivity (Wildman–Crippen MR) is 128 cm³/mol. The van der Waals surface area contributed by atoms with Gasteiger partial charge in [-0.25, -0.2) is 9.37 Å². The van der Waals surface area contributed by atoms with Crippen LogP contribution in [0, 0.1) is 12.7 Å². The molecule has 5 rings (SSSR count). The molecule has 0 saturated carbocycles. The van der Waals surface area contributed by atoms with Crippen LogP contribution in [0.3, 0.4) is 0 Å². The van der Waals surface area contributed by atoms with Crippen molar-refractivity contribution in [3.63, 3.8) is 0 Å². The van der Waals surface area contributed by atoms with E-state index in [0.29, 0.717) is 28.3 Å². The lowest BCUT2D eigenvalue weighted by Crippen LogP contribution is -2.29. The van der Waals surface area contributed by atoms with Gasteiger partial charge in [0.2, 0.25) is 0 Å². The number of thiazole rings is 1. The minimum atomic E-state index is -1.26. The predicted octanol–water partition coefficient (Wildman–Crippen LogP) is 4.74. The van der Waals surface area contributed by atoms with Gasteiger partial charge in [-0.05, 0) is 43.7 Å². The molecule has 0 radical (unpaired) electrons. The van der Waals surface area contributed by atoms with E-state index in [1.807, 2.05) is 6.92 Å². The topological polar surface area (TPSA) is 96.8 Å². The second-order valence-corrected chi connectivity index (χ2v) is 9.59. The third-order valence-corrected chi connectivity index (χ3v) is 7.38. The fraction of sp³-hybridized carbons (Fsp3) is 0.231. The molecular formula is C26H21FN2O5S. The Morgan fingerprint density at radius 1 is 1.23 bits per heavy atom. The van der Waals surface area contributed by atoms with E-state index in [2.05, 4.69) is 4.98 Å². The number of hydrogen-bond acceptors (Lipinski definition) is 7. The zero-order chi connectivity index (χ0) is 25.0. The summed E-state index contributed by atoms with van der Waals surface area (Å²) in [5, 5.41) is 11.4. The lowest BCUT2D eigenvalue weighted by molar-refractivity contribution is -0.132. The Balaban J connectivity index is 1.71. The lowest BCUT2D eigenvalue weighted by Gasteiger charge is -2.23. The second kappa shape index (κ2) is 8.42. The van der Waals surface area contributed by atoms with Gasteiger partial charge in [0.25, 0.3) is 5.78 Å². The maximum Gasteiger partial charge on any atom is 0.301 e. The van der Waals surface area contributed by atoms with Crippen molar-refractivity contribution in [1.29, 1.82) is 0 Å². The number of amides is 1. The Kier molecular flexibility index (Phi) is 5.52. The van der Waals surface area contributed by atoms with Crippen LogP contribution in [0.15, 0.2) is 48.0 Å². The first-order valence-electron chi connectivity index (χ1n) is 11.0. The van der Waals surface area contributed by atoms with E-state index in [-0.39, 0.29) is 28.2 Å². The van der Waals surface area contributed by atoms with Crippen molar-refractivity contribution in [1.82, 2.24) is 4.98 Å². The van der Waals surface area contributed by atoms with Crippen molar-refractivity contribution >= 4 is 39.7 Å². The van der Waals surface area contributed by atoms with Crippen LogP contribution in [0.1, 0.15) is 51.9 Å². The minimum Gasteiger partial charge on any atom is -0.507 e. The van der Waals surface area contributed by atoms with Crippen molar-refractivity contribution in [2.45, 2.75) is 39.3 Å². The monoisotopic (exact) mass is 492 g/mol. The highest BCUT2D eigenvalue weighted by molar-refractivity contribution is 7.18. The summed E-state index contributed by atoms with van der Waals surface area (Å²) in [6.07, 6.45) is 0.614. The van der Waals surface area contributed by atoms with E-state index in [1.54, 1.807) is 31.2 Å². The number of halogens is 1. The summed E-state index contributed by atoms with van der Waals surface area (Å²) < 4.78 is 20.7. The molecule has 2 atom stereocenters. The molecule has 178 valence electrons. The highest BCUT2D eigenvalue weighted by atomic mass is 32.1. The number of aliphatic hydroxyl groups is 1. The van der Waals surface area contributed by atoms with Crippen molar-refractivity contribution in [3.8, 4) is 5.75 Å². The second-order valence-electron chi connectivity index (χ2n) is 8.61. The standard InChI is InChI=1S/C26H21FN2O5S/c1-12-10-16-11-15(8-9-19(16)34-12)22(31)20-21(17-6-4-5-7-18(17)27)29(25(33)23(20)32)26-28-13(2)24(35-26)14(3)30/h4-9,11-12,21,31H,10H2,1-3H3/t12-,21+/m0/s1. The van der Waals surface area contributed by atoms with E-state index >= 15 is 4.39 Å². The summed E-state index contributed by atoms with van der Waals surface area (Å²) in [5.74, 6) is -2.53. The number of anilines is 1. The van der Waals surface area contributed by atoms with Gasteiger partial charge in [0, 0.05) is 24.5 Å². The quantitative estimate of drug-likeness (QED) is 0.245. The van der Waals surface area contributed by atoms with E-state index in [0.717, 1.165) is 21.8 Å². The average Bonchev–Trinajstić information content (AvgIpc) is 3.46. The third-order valence-electron chi connectivity index (χ3n) is 6.12. The number of ether oxygens (including phenoxy) is 1. The summed E-state index contributed by atoms with van der Waals surface area (Å²) in [6.45, 7) is 4.93. The van der Waals surface area contributed by atoms with Crippen LogP contribution < -0.4 is 9.64 Å². The number of Topliss-reactive ketones (excluding diaryl/α,β-unsaturated/α-hetero) is 2. The minimum absolute atomic E-state index is 0.0185. The molecular weight excluding hydrogens is 471 g/mol. The normalized spacial score (nSPS) is 20.7. The summed E-state index contributed by atoms with van der Waals surface area (Å²) >= 11 is 0.950. The van der Waals surface area contributed by atoms with Crippen LogP contribution >= 0.6 is 11.3 Å². The van der Waals surface area contributed by atoms with Gasteiger partial charge in [-0.15, -0.1) is 0 Å². The fourth-order valence-corrected chi connectivity index (χ4v) is 5.55. The first-order chi connectivity index (χ1) is 16.7. The van der Waals surface area contributed by atoms with Gasteiger partial charge in [-0.2, -0.15) is 0 Å². The van der Waals surface area contributed by atoms with Gasteiger partial charge in [-0.3, -0.25) is 19.3 Å². The Bertz CT molecular complexity index is 1440. The molecule has 2 aliphatic rings. The molecule has 3 heterocycles. The van der Waals surface area contributed by atoms with Gasteiger partial charge in [0.1, 0.15) is 29.5 Å². The van der Waals surface area contributed by atoms with E-state index < -0.39 is 29.3 Å². The third kappa shape index (κ3) is 3.72. The molecule has 1 fully saturated rings. The highest BCUT2D eigenvalue weighted by Gasteiger charge is 2.49. The molecule has 9 heteroatoms. The van der Waals surface area contributed by atoms with Crippen molar-refractivity contribution in [3.05, 3.63) is 81.1 Å². The number of aromatic nitrogens is 1. The smallest absolute Gasteiger partial charge is 0.301 e. The molecule has 1 saturated heterocycles. The number of benzene rings is 2. The number of carbonyl (C=O) groups excluding carboxylic acids is 3. The zero-order valence-electron chi connectivity index (χ0n) is 19.2. The lowest BCUT2D eigenvalue weighted by atomic mass is 9.94. The number of nitrogens with zero attached hydrogens (tertiary/aromatic N) is 2. The summed E-state index contributed by atoms with van der Waals surface area (Å²) in [4.78, 5) is 44.2. The van der Waals surface area contributed by atoms with Crippen molar-refractivity contribution in [2.75, 3.05) is 4.90 Å². The Morgan fingerprint density at radius 3 is 2.66 bits per heavy atom. The maximum absolute atomic E-state index is 15.0. The van der Waals surface area contributed by atoms with Crippen LogP contribution in [0.4, 0.5) is 9.52 Å². The molecule has 0 unspecified atom stereocenters. The molecule has 1 aromatic heterocycles. The average molecular weight is 493 g/mol. The number of aryl methyl sites for hydroxylation is 1. The Hall–Kier alpha value is -3.85. The molecule has 0 aliphatic carbocycles. The molecule has 0 spiro atoms. The molecule has 35 heavy (non-hydrogen) atoms. The molecule has 1 amide bonds. The molecule has 0 bridgehead atoms. The van der Waals surface area contributed by atoms with Crippen LogP contribution in [-0.2, 0) is 16.0 Å². The van der Waals surface area contributed by atoms with Crippen molar-refractivity contribution < 1.29 is 28.6 Å². The largest absolute Gasteiger partial charge is 0.507 e. The fourth-order valence-electron chi connectivity index (χ4n) is 4.56. The van der Waals surface area contributed by atoms with Crippen LogP contribution in [0.25, 0.3) is 5.76 Å². The zero-order valence-corrected chi connectivity index (χ0v) is 20.0. The van der Waals surface area contributed by atoms with Gasteiger partial charge in [-0.1, -0.05) is 29.5 Å². The number of hydrogen-bond donors (Lipinski definition) is 1. The number of fused-ring (bicyclic) bond motifs is 1.